The molecule has 0 aliphatic heterocycles. The van der Waals surface area contributed by atoms with Crippen LogP contribution in [0.25, 0.3) is 0 Å². The summed E-state index contributed by atoms with van der Waals surface area (Å²) in [5.41, 5.74) is 0. The van der Waals surface area contributed by atoms with Crippen molar-refractivity contribution < 1.29 is 23.4 Å². The Morgan fingerprint density at radius 3 is 2.47 bits per heavy atom. The number of hydrogen-bond acceptors (Lipinski definition) is 4. The molecular formula is C8H17NO5S. The van der Waals surface area contributed by atoms with Gasteiger partial charge >= 0.3 is 5.97 Å². The lowest BCUT2D eigenvalue weighted by Crippen LogP contribution is -2.38. The molecule has 6 nitrogen and oxygen atoms in total. The van der Waals surface area contributed by atoms with Gasteiger partial charge in [-0.1, -0.05) is 6.92 Å². The Bertz CT molecular complexity index is 283. The number of nitrogens with one attached hydrogen (secondary N) is 1. The van der Waals surface area contributed by atoms with Crippen molar-refractivity contribution in [1.82, 2.24) is 4.72 Å². The fourth-order valence-corrected chi connectivity index (χ4v) is 2.37. The molecule has 3 N–H and O–H groups in total. The van der Waals surface area contributed by atoms with E-state index in [1.54, 1.807) is 6.92 Å². The van der Waals surface area contributed by atoms with Crippen LogP contribution in [-0.2, 0) is 14.8 Å². The van der Waals surface area contributed by atoms with Gasteiger partial charge in [0, 0.05) is 12.5 Å². The van der Waals surface area contributed by atoms with E-state index in [1.165, 1.54) is 0 Å². The highest BCUT2D eigenvalue weighted by Crippen LogP contribution is 1.98. The van der Waals surface area contributed by atoms with Crippen LogP contribution >= 0.6 is 0 Å². The monoisotopic (exact) mass is 239 g/mol. The van der Waals surface area contributed by atoms with Crippen LogP contribution in [0, 0.1) is 0 Å². The molecule has 90 valence electrons. The third-order valence-electron chi connectivity index (χ3n) is 1.86. The number of carboxylic acids is 1. The van der Waals surface area contributed by atoms with Gasteiger partial charge < -0.3 is 10.2 Å². The Hall–Kier alpha value is -0.660. The van der Waals surface area contributed by atoms with Crippen LogP contribution in [0.2, 0.25) is 0 Å². The van der Waals surface area contributed by atoms with Crippen LogP contribution < -0.4 is 4.72 Å². The van der Waals surface area contributed by atoms with Gasteiger partial charge in [0.05, 0.1) is 12.4 Å². The molecule has 0 heterocycles. The maximum Gasteiger partial charge on any atom is 0.303 e. The Morgan fingerprint density at radius 2 is 2.07 bits per heavy atom. The Labute approximate surface area is 89.4 Å². The first kappa shape index (κ1) is 14.3. The molecule has 0 rings (SSSR count). The molecule has 0 amide bonds. The summed E-state index contributed by atoms with van der Waals surface area (Å²) in [6.45, 7) is 1.50. The first-order chi connectivity index (χ1) is 6.91. The van der Waals surface area contributed by atoms with E-state index in [1.807, 2.05) is 0 Å². The minimum Gasteiger partial charge on any atom is -0.481 e. The fourth-order valence-electron chi connectivity index (χ4n) is 0.976. The average molecular weight is 239 g/mol. The average Bonchev–Trinajstić information content (AvgIpc) is 2.13. The number of carboxylic acid groups (broad SMARTS) is 1. The third kappa shape index (κ3) is 7.29. The van der Waals surface area contributed by atoms with E-state index in [2.05, 4.69) is 4.72 Å². The summed E-state index contributed by atoms with van der Waals surface area (Å²) in [6, 6.07) is -0.486. The summed E-state index contributed by atoms with van der Waals surface area (Å²) in [4.78, 5) is 10.2. The lowest BCUT2D eigenvalue weighted by Gasteiger charge is -2.13. The zero-order chi connectivity index (χ0) is 11.9. The number of carbonyl (C=O) groups is 1. The standard InChI is InChI=1S/C8H17NO5S/c1-2-7(6-10)9-15(13,14)5-3-4-8(11)12/h7,9-10H,2-6H2,1H3,(H,11,12). The molecule has 0 radical (unpaired) electrons. The van der Waals surface area contributed by atoms with Crippen molar-refractivity contribution in [3.63, 3.8) is 0 Å². The van der Waals surface area contributed by atoms with Gasteiger partial charge in [0.2, 0.25) is 10.0 Å². The van der Waals surface area contributed by atoms with Gasteiger partial charge in [-0.2, -0.15) is 0 Å². The van der Waals surface area contributed by atoms with E-state index in [4.69, 9.17) is 10.2 Å². The molecule has 0 fully saturated rings. The van der Waals surface area contributed by atoms with Crippen LogP contribution in [0.15, 0.2) is 0 Å². The molecule has 1 unspecified atom stereocenters. The van der Waals surface area contributed by atoms with Gasteiger partial charge in [-0.25, -0.2) is 13.1 Å². The summed E-state index contributed by atoms with van der Waals surface area (Å²) in [7, 11) is -3.47. The molecule has 0 aliphatic rings. The maximum atomic E-state index is 11.3. The highest BCUT2D eigenvalue weighted by atomic mass is 32.2. The summed E-state index contributed by atoms with van der Waals surface area (Å²) in [5.74, 6) is -1.24. The van der Waals surface area contributed by atoms with Gasteiger partial charge in [-0.05, 0) is 12.8 Å². The molecule has 0 aromatic carbocycles. The topological polar surface area (TPSA) is 104 Å². The summed E-state index contributed by atoms with van der Waals surface area (Å²) >= 11 is 0. The quantitative estimate of drug-likeness (QED) is 0.532. The maximum absolute atomic E-state index is 11.3. The van der Waals surface area contributed by atoms with Crippen LogP contribution in [-0.4, -0.2) is 43.0 Å². The molecule has 0 saturated carbocycles. The van der Waals surface area contributed by atoms with Gasteiger partial charge in [0.25, 0.3) is 0 Å². The number of hydrogen-bond donors (Lipinski definition) is 3. The number of rotatable bonds is 8. The largest absolute Gasteiger partial charge is 0.481 e. The van der Waals surface area contributed by atoms with E-state index in [0.29, 0.717) is 6.42 Å². The van der Waals surface area contributed by atoms with Crippen molar-refractivity contribution in [3.05, 3.63) is 0 Å². The predicted octanol–water partition coefficient (Wildman–Crippen LogP) is -0.458. The number of aliphatic carboxylic acids is 1. The first-order valence-corrected chi connectivity index (χ1v) is 6.39. The molecule has 0 aromatic rings. The van der Waals surface area contributed by atoms with Gasteiger partial charge in [0.1, 0.15) is 0 Å². The second-order valence-corrected chi connectivity index (χ2v) is 5.10. The van der Waals surface area contributed by atoms with Crippen LogP contribution in [0.3, 0.4) is 0 Å². The number of aliphatic hydroxyl groups is 1. The van der Waals surface area contributed by atoms with Crippen LogP contribution in [0.1, 0.15) is 26.2 Å². The smallest absolute Gasteiger partial charge is 0.303 e. The highest BCUT2D eigenvalue weighted by molar-refractivity contribution is 7.89. The second kappa shape index (κ2) is 6.76. The zero-order valence-electron chi connectivity index (χ0n) is 8.64. The van der Waals surface area contributed by atoms with Crippen molar-refractivity contribution >= 4 is 16.0 Å². The molecular weight excluding hydrogens is 222 g/mol. The van der Waals surface area contributed by atoms with Crippen LogP contribution in [0.5, 0.6) is 0 Å². The predicted molar refractivity (Wildman–Crippen MR) is 55.0 cm³/mol. The molecule has 0 aliphatic carbocycles. The van der Waals surface area contributed by atoms with Crippen molar-refractivity contribution in [2.24, 2.45) is 0 Å². The summed E-state index contributed by atoms with van der Waals surface area (Å²) in [5, 5.41) is 17.1. The Morgan fingerprint density at radius 1 is 1.47 bits per heavy atom. The van der Waals surface area contributed by atoms with E-state index in [-0.39, 0.29) is 25.2 Å². The van der Waals surface area contributed by atoms with E-state index < -0.39 is 22.0 Å². The van der Waals surface area contributed by atoms with Gasteiger partial charge in [0.15, 0.2) is 0 Å². The van der Waals surface area contributed by atoms with Crippen molar-refractivity contribution in [1.29, 1.82) is 0 Å². The molecule has 0 aromatic heterocycles. The first-order valence-electron chi connectivity index (χ1n) is 4.74. The lowest BCUT2D eigenvalue weighted by atomic mass is 10.3. The van der Waals surface area contributed by atoms with Crippen molar-refractivity contribution in [2.45, 2.75) is 32.2 Å². The normalized spacial score (nSPS) is 13.7. The lowest BCUT2D eigenvalue weighted by molar-refractivity contribution is -0.137. The molecule has 0 spiro atoms. The molecule has 0 bridgehead atoms. The van der Waals surface area contributed by atoms with E-state index in [0.717, 1.165) is 0 Å². The number of sulfonamides is 1. The third-order valence-corrected chi connectivity index (χ3v) is 3.38. The molecule has 0 saturated heterocycles. The van der Waals surface area contributed by atoms with Gasteiger partial charge in [-0.15, -0.1) is 0 Å². The number of aliphatic hydroxyl groups excluding tert-OH is 1. The SMILES string of the molecule is CCC(CO)NS(=O)(=O)CCCC(=O)O. The van der Waals surface area contributed by atoms with Gasteiger partial charge in [-0.3, -0.25) is 4.79 Å². The highest BCUT2D eigenvalue weighted by Gasteiger charge is 2.15. The molecule has 7 heteroatoms. The molecule has 15 heavy (non-hydrogen) atoms. The minimum absolute atomic E-state index is 0.0759. The minimum atomic E-state index is -3.47. The zero-order valence-corrected chi connectivity index (χ0v) is 9.46. The summed E-state index contributed by atoms with van der Waals surface area (Å²) in [6.07, 6.45) is 0.401. The van der Waals surface area contributed by atoms with E-state index in [9.17, 15) is 13.2 Å². The van der Waals surface area contributed by atoms with Crippen molar-refractivity contribution in [3.8, 4) is 0 Å². The second-order valence-electron chi connectivity index (χ2n) is 3.22. The summed E-state index contributed by atoms with van der Waals surface area (Å²) < 4.78 is 24.9. The fraction of sp³-hybridized carbons (Fsp3) is 0.875. The van der Waals surface area contributed by atoms with Crippen LogP contribution in [0.4, 0.5) is 0 Å². The Kier molecular flexibility index (Phi) is 6.46. The van der Waals surface area contributed by atoms with E-state index >= 15 is 0 Å². The molecule has 1 atom stereocenters. The Balaban J connectivity index is 4.02. The van der Waals surface area contributed by atoms with Crippen molar-refractivity contribution in [2.75, 3.05) is 12.4 Å².